The third-order valence-corrected chi connectivity index (χ3v) is 7.39. The van der Waals surface area contributed by atoms with Crippen LogP contribution in [0.3, 0.4) is 0 Å². The number of hydrogen-bond acceptors (Lipinski definition) is 8. The summed E-state index contributed by atoms with van der Waals surface area (Å²) in [4.78, 5) is 39.9. The van der Waals surface area contributed by atoms with Gasteiger partial charge in [0.05, 0.1) is 24.2 Å². The Labute approximate surface area is 221 Å². The van der Waals surface area contributed by atoms with E-state index < -0.39 is 17.2 Å². The molecule has 0 radical (unpaired) electrons. The molecule has 2 aliphatic rings. The predicted molar refractivity (Wildman–Crippen MR) is 139 cm³/mol. The van der Waals surface area contributed by atoms with Crippen LogP contribution < -0.4 is 10.6 Å². The number of benzene rings is 2. The van der Waals surface area contributed by atoms with E-state index >= 15 is 4.39 Å². The van der Waals surface area contributed by atoms with Crippen LogP contribution in [-0.2, 0) is 33.3 Å². The lowest BCUT2D eigenvalue weighted by atomic mass is 9.71. The fourth-order valence-corrected chi connectivity index (χ4v) is 5.09. The van der Waals surface area contributed by atoms with E-state index in [-0.39, 0.29) is 62.0 Å². The number of amides is 2. The van der Waals surface area contributed by atoms with Crippen molar-refractivity contribution in [3.63, 3.8) is 0 Å². The number of halogens is 1. The van der Waals surface area contributed by atoms with Gasteiger partial charge in [-0.25, -0.2) is 9.29 Å². The van der Waals surface area contributed by atoms with Crippen molar-refractivity contribution in [1.82, 2.24) is 15.1 Å². The van der Waals surface area contributed by atoms with Crippen molar-refractivity contribution in [2.24, 2.45) is 0 Å². The molecule has 0 aliphatic carbocycles. The van der Waals surface area contributed by atoms with Gasteiger partial charge in [0.1, 0.15) is 19.9 Å². The molecule has 0 saturated carbocycles. The summed E-state index contributed by atoms with van der Waals surface area (Å²) in [5.74, 6) is -3.94. The van der Waals surface area contributed by atoms with Crippen molar-refractivity contribution < 1.29 is 33.7 Å². The van der Waals surface area contributed by atoms with Gasteiger partial charge in [0.2, 0.25) is 5.91 Å². The molecule has 1 atom stereocenters. The molecule has 38 heavy (non-hydrogen) atoms. The van der Waals surface area contributed by atoms with Crippen molar-refractivity contribution >= 4 is 31.6 Å². The number of ether oxygens (including phenoxy) is 1. The number of fused-ring (bicyclic) bond motifs is 1. The van der Waals surface area contributed by atoms with E-state index in [4.69, 9.17) is 4.74 Å². The Balaban J connectivity index is 1.57. The molecule has 0 bridgehead atoms. The Bertz CT molecular complexity index is 1220. The third kappa shape index (κ3) is 5.04. The minimum Gasteiger partial charge on any atom is -0.381 e. The Morgan fingerprint density at radius 3 is 2.61 bits per heavy atom. The standard InChI is InChI=1S/C26H32BFN4O6/c1-29-24(35)25(27,9-4-12-33)32-16-19-18(23(32)34)6-3-8-21(19)30-15-17-5-2-7-20(22(17)28)26(36,37)31-10-13-38-14-11-31/h2-3,5-8,12,30,36-37H,4,9-11,13-16,27H2,1H3,(H,29,35). The normalized spacial score (nSPS) is 17.6. The smallest absolute Gasteiger partial charge is 0.256 e. The predicted octanol–water partition coefficient (Wildman–Crippen LogP) is -0.125. The van der Waals surface area contributed by atoms with E-state index in [1.54, 1.807) is 38.2 Å². The fraction of sp³-hybridized carbons (Fsp3) is 0.423. The van der Waals surface area contributed by atoms with Gasteiger partial charge < -0.3 is 35.3 Å². The number of anilines is 1. The first-order valence-electron chi connectivity index (χ1n) is 12.5. The Morgan fingerprint density at radius 1 is 1.21 bits per heavy atom. The van der Waals surface area contributed by atoms with E-state index in [9.17, 15) is 24.6 Å². The van der Waals surface area contributed by atoms with Gasteiger partial charge in [-0.1, -0.05) is 18.2 Å². The summed E-state index contributed by atoms with van der Waals surface area (Å²) in [6.07, 6.45) is 1.01. The number of carbonyl (C=O) groups excluding carboxylic acids is 3. The van der Waals surface area contributed by atoms with Crippen molar-refractivity contribution in [2.45, 2.75) is 37.3 Å². The first-order chi connectivity index (χ1) is 18.1. The van der Waals surface area contributed by atoms with Crippen molar-refractivity contribution in [1.29, 1.82) is 0 Å². The largest absolute Gasteiger partial charge is 0.381 e. The molecule has 1 unspecified atom stereocenters. The molecule has 2 aromatic carbocycles. The summed E-state index contributed by atoms with van der Waals surface area (Å²) in [7, 11) is 3.12. The van der Waals surface area contributed by atoms with Crippen molar-refractivity contribution in [3.05, 3.63) is 64.5 Å². The van der Waals surface area contributed by atoms with Crippen LogP contribution in [0.25, 0.3) is 0 Å². The Kier molecular flexibility index (Phi) is 8.17. The number of rotatable bonds is 10. The first kappa shape index (κ1) is 27.7. The van der Waals surface area contributed by atoms with Crippen LogP contribution in [0.4, 0.5) is 10.1 Å². The average molecular weight is 526 g/mol. The second-order valence-electron chi connectivity index (χ2n) is 9.65. The molecule has 0 spiro atoms. The topological polar surface area (TPSA) is 131 Å². The highest BCUT2D eigenvalue weighted by Crippen LogP contribution is 2.35. The highest BCUT2D eigenvalue weighted by molar-refractivity contribution is 6.30. The first-order valence-corrected chi connectivity index (χ1v) is 12.5. The van der Waals surface area contributed by atoms with Crippen LogP contribution in [0.5, 0.6) is 0 Å². The molecule has 0 aromatic heterocycles. The number of aldehydes is 1. The molecule has 1 saturated heterocycles. The number of morpholine rings is 1. The molecule has 12 heteroatoms. The number of carbonyl (C=O) groups is 3. The molecule has 1 fully saturated rings. The van der Waals surface area contributed by atoms with Gasteiger partial charge in [0, 0.05) is 62.0 Å². The van der Waals surface area contributed by atoms with Gasteiger partial charge in [0.25, 0.3) is 11.8 Å². The monoisotopic (exact) mass is 526 g/mol. The Morgan fingerprint density at radius 2 is 1.92 bits per heavy atom. The molecular formula is C26H32BFN4O6. The molecule has 4 rings (SSSR count). The lowest BCUT2D eigenvalue weighted by Crippen LogP contribution is -2.59. The summed E-state index contributed by atoms with van der Waals surface area (Å²) < 4.78 is 20.7. The second kappa shape index (κ2) is 11.2. The maximum absolute atomic E-state index is 15.5. The fourth-order valence-electron chi connectivity index (χ4n) is 5.09. The molecule has 2 amide bonds. The summed E-state index contributed by atoms with van der Waals surface area (Å²) in [5, 5.41) is 27.3. The van der Waals surface area contributed by atoms with E-state index in [1.165, 1.54) is 22.9 Å². The van der Waals surface area contributed by atoms with E-state index in [1.807, 2.05) is 0 Å². The SMILES string of the molecule is BC(CCC=O)(C(=O)NC)N1Cc2c(NCc3cccc(C(O)(O)N4CCOCC4)c3F)cccc2C1=O. The quantitative estimate of drug-likeness (QED) is 0.192. The van der Waals surface area contributed by atoms with Crippen LogP contribution in [0, 0.1) is 5.82 Å². The van der Waals surface area contributed by atoms with Crippen LogP contribution in [0.1, 0.15) is 39.9 Å². The minimum atomic E-state index is -2.49. The van der Waals surface area contributed by atoms with Gasteiger partial charge in [-0.05, 0) is 24.6 Å². The van der Waals surface area contributed by atoms with Crippen LogP contribution in [-0.4, -0.2) is 84.7 Å². The van der Waals surface area contributed by atoms with Crippen LogP contribution in [0.2, 0.25) is 0 Å². The highest BCUT2D eigenvalue weighted by atomic mass is 19.1. The summed E-state index contributed by atoms with van der Waals surface area (Å²) in [6.45, 7) is 1.27. The highest BCUT2D eigenvalue weighted by Gasteiger charge is 2.45. The van der Waals surface area contributed by atoms with Gasteiger partial charge in [-0.2, -0.15) is 0 Å². The van der Waals surface area contributed by atoms with E-state index in [2.05, 4.69) is 10.6 Å². The number of aliphatic hydroxyl groups is 2. The lowest BCUT2D eigenvalue weighted by Gasteiger charge is -2.37. The van der Waals surface area contributed by atoms with Gasteiger partial charge in [-0.15, -0.1) is 0 Å². The molecule has 2 aromatic rings. The summed E-state index contributed by atoms with van der Waals surface area (Å²) >= 11 is 0. The van der Waals surface area contributed by atoms with E-state index in [0.29, 0.717) is 30.0 Å². The lowest BCUT2D eigenvalue weighted by molar-refractivity contribution is -0.288. The zero-order valence-electron chi connectivity index (χ0n) is 21.5. The van der Waals surface area contributed by atoms with Crippen LogP contribution in [0.15, 0.2) is 36.4 Å². The Hall–Kier alpha value is -3.32. The summed E-state index contributed by atoms with van der Waals surface area (Å²) in [6, 6.07) is 9.56. The van der Waals surface area contributed by atoms with Crippen molar-refractivity contribution in [2.75, 3.05) is 38.7 Å². The number of nitrogens with zero attached hydrogens (tertiary/aromatic N) is 2. The maximum atomic E-state index is 15.5. The second-order valence-corrected chi connectivity index (χ2v) is 9.65. The van der Waals surface area contributed by atoms with Gasteiger partial charge in [-0.3, -0.25) is 9.59 Å². The molecule has 10 nitrogen and oxygen atoms in total. The van der Waals surface area contributed by atoms with Gasteiger partial charge >= 0.3 is 0 Å². The zero-order chi connectivity index (χ0) is 27.5. The van der Waals surface area contributed by atoms with Gasteiger partial charge in [0.15, 0.2) is 0 Å². The number of hydrogen-bond donors (Lipinski definition) is 4. The average Bonchev–Trinajstić information content (AvgIpc) is 3.28. The third-order valence-electron chi connectivity index (χ3n) is 7.39. The molecule has 4 N–H and O–H groups in total. The van der Waals surface area contributed by atoms with Crippen LogP contribution >= 0.6 is 0 Å². The number of nitrogens with one attached hydrogen (secondary N) is 2. The summed E-state index contributed by atoms with van der Waals surface area (Å²) in [5.41, 5.74) is 0.391. The molecule has 2 aliphatic heterocycles. The maximum Gasteiger partial charge on any atom is 0.256 e. The number of likely N-dealkylation sites (N-methyl/N-ethyl adjacent to an activating group) is 1. The molecular weight excluding hydrogens is 494 g/mol. The zero-order valence-corrected chi connectivity index (χ0v) is 21.5. The molecule has 2 heterocycles. The van der Waals surface area contributed by atoms with E-state index in [0.717, 1.165) is 6.29 Å². The minimum absolute atomic E-state index is 0.0152. The molecule has 202 valence electrons. The van der Waals surface area contributed by atoms with Crippen molar-refractivity contribution in [3.8, 4) is 0 Å².